The Hall–Kier alpha value is -0.860. The van der Waals surface area contributed by atoms with Crippen LogP contribution in [0.4, 0.5) is 0 Å². The molecule has 0 N–H and O–H groups in total. The van der Waals surface area contributed by atoms with Crippen molar-refractivity contribution in [1.29, 1.82) is 0 Å². The molecular weight excluding hydrogens is 248 g/mol. The van der Waals surface area contributed by atoms with Crippen molar-refractivity contribution in [2.45, 2.75) is 66.5 Å². The summed E-state index contributed by atoms with van der Waals surface area (Å²) in [5.74, 6) is 0.503. The molecule has 0 spiro atoms. The molecule has 2 nitrogen and oxygen atoms in total. The maximum Gasteiger partial charge on any atom is 0.180 e. The van der Waals surface area contributed by atoms with E-state index in [-0.39, 0.29) is 23.9 Å². The Labute approximate surface area is 124 Å². The Balaban J connectivity index is 2.87. The van der Waals surface area contributed by atoms with Crippen molar-refractivity contribution in [3.63, 3.8) is 0 Å². The monoisotopic (exact) mass is 278 g/mol. The van der Waals surface area contributed by atoms with E-state index < -0.39 is 0 Å². The third kappa shape index (κ3) is 4.92. The summed E-state index contributed by atoms with van der Waals surface area (Å²) < 4.78 is 12.3. The van der Waals surface area contributed by atoms with Gasteiger partial charge in [-0.05, 0) is 23.8 Å². The fourth-order valence-corrected chi connectivity index (χ4v) is 2.23. The van der Waals surface area contributed by atoms with Gasteiger partial charge in [-0.15, -0.1) is 0 Å². The van der Waals surface area contributed by atoms with Gasteiger partial charge in [-0.25, -0.2) is 0 Å². The lowest BCUT2D eigenvalue weighted by molar-refractivity contribution is -0.253. The zero-order valence-electron chi connectivity index (χ0n) is 13.8. The van der Waals surface area contributed by atoms with Crippen molar-refractivity contribution in [2.24, 2.45) is 11.3 Å². The molecule has 2 heteroatoms. The molecule has 1 heterocycles. The molecule has 0 bridgehead atoms. The minimum atomic E-state index is -0.241. The van der Waals surface area contributed by atoms with Gasteiger partial charge in [0.25, 0.3) is 0 Å². The second-order valence-corrected chi connectivity index (χ2v) is 7.01. The highest BCUT2D eigenvalue weighted by atomic mass is 16.7. The molecule has 1 rings (SSSR count). The smallest absolute Gasteiger partial charge is 0.180 e. The van der Waals surface area contributed by atoms with E-state index in [1.807, 2.05) is 18.2 Å². The lowest BCUT2D eigenvalue weighted by Crippen LogP contribution is -2.46. The van der Waals surface area contributed by atoms with Gasteiger partial charge in [0.1, 0.15) is 0 Å². The van der Waals surface area contributed by atoms with E-state index in [0.29, 0.717) is 5.92 Å². The molecule has 0 aromatic heterocycles. The van der Waals surface area contributed by atoms with Crippen LogP contribution in [0.1, 0.15) is 48.0 Å². The van der Waals surface area contributed by atoms with Gasteiger partial charge in [0, 0.05) is 6.42 Å². The zero-order valence-corrected chi connectivity index (χ0v) is 13.8. The van der Waals surface area contributed by atoms with Gasteiger partial charge in [0.2, 0.25) is 0 Å². The first-order chi connectivity index (χ1) is 9.25. The molecule has 0 radical (unpaired) electrons. The van der Waals surface area contributed by atoms with Crippen LogP contribution in [0, 0.1) is 11.3 Å². The summed E-state index contributed by atoms with van der Waals surface area (Å²) in [6.07, 6.45) is 8.89. The van der Waals surface area contributed by atoms with E-state index in [4.69, 9.17) is 9.47 Å². The average Bonchev–Trinajstić information content (AvgIpc) is 2.37. The van der Waals surface area contributed by atoms with Crippen molar-refractivity contribution in [1.82, 2.24) is 0 Å². The first-order valence-electron chi connectivity index (χ1n) is 7.52. The Morgan fingerprint density at radius 1 is 1.20 bits per heavy atom. The van der Waals surface area contributed by atoms with E-state index in [9.17, 15) is 0 Å². The number of hydrogen-bond donors (Lipinski definition) is 0. The first-order valence-corrected chi connectivity index (χ1v) is 7.52. The van der Waals surface area contributed by atoms with Crippen LogP contribution in [0.25, 0.3) is 0 Å². The maximum absolute atomic E-state index is 6.17. The zero-order chi connectivity index (χ0) is 15.3. The van der Waals surface area contributed by atoms with E-state index in [1.165, 1.54) is 0 Å². The fraction of sp³-hybridized carbons (Fsp3) is 0.667. The number of allylic oxidation sites excluding steroid dienone is 4. The van der Waals surface area contributed by atoms with E-state index in [1.54, 1.807) is 6.08 Å². The molecule has 1 aliphatic rings. The Kier molecular flexibility index (Phi) is 6.22. The van der Waals surface area contributed by atoms with Gasteiger partial charge in [-0.1, -0.05) is 65.5 Å². The Bertz CT molecular complexity index is 371. The average molecular weight is 278 g/mol. The molecule has 114 valence electrons. The topological polar surface area (TPSA) is 18.5 Å². The molecule has 0 saturated carbocycles. The minimum Gasteiger partial charge on any atom is -0.345 e. The lowest BCUT2D eigenvalue weighted by Gasteiger charge is -2.43. The van der Waals surface area contributed by atoms with Gasteiger partial charge in [0.05, 0.1) is 12.2 Å². The first kappa shape index (κ1) is 17.2. The second kappa shape index (κ2) is 7.24. The Morgan fingerprint density at radius 2 is 1.85 bits per heavy atom. The summed E-state index contributed by atoms with van der Waals surface area (Å²) in [4.78, 5) is 0. The summed E-state index contributed by atoms with van der Waals surface area (Å²) in [6.45, 7) is 16.8. The van der Waals surface area contributed by atoms with Gasteiger partial charge < -0.3 is 9.47 Å². The third-order valence-corrected chi connectivity index (χ3v) is 3.72. The summed E-state index contributed by atoms with van der Waals surface area (Å²) in [5.41, 5.74) is 1.23. The highest BCUT2D eigenvalue weighted by molar-refractivity contribution is 5.16. The second-order valence-electron chi connectivity index (χ2n) is 7.01. The van der Waals surface area contributed by atoms with Crippen LogP contribution in [0.3, 0.4) is 0 Å². The van der Waals surface area contributed by atoms with Crippen molar-refractivity contribution in [3.05, 3.63) is 36.5 Å². The van der Waals surface area contributed by atoms with Gasteiger partial charge in [-0.3, -0.25) is 0 Å². The van der Waals surface area contributed by atoms with Crippen LogP contribution < -0.4 is 0 Å². The van der Waals surface area contributed by atoms with E-state index in [0.717, 1.165) is 12.0 Å². The minimum absolute atomic E-state index is 0.131. The summed E-state index contributed by atoms with van der Waals surface area (Å²) in [6, 6.07) is 0. The van der Waals surface area contributed by atoms with Crippen LogP contribution in [-0.2, 0) is 9.47 Å². The molecule has 3 atom stereocenters. The highest BCUT2D eigenvalue weighted by Gasteiger charge is 2.38. The van der Waals surface area contributed by atoms with Crippen LogP contribution in [0.2, 0.25) is 0 Å². The van der Waals surface area contributed by atoms with Gasteiger partial charge in [-0.2, -0.15) is 0 Å². The molecular formula is C18H30O2. The molecule has 1 aliphatic heterocycles. The van der Waals surface area contributed by atoms with E-state index >= 15 is 0 Å². The molecule has 0 aromatic carbocycles. The van der Waals surface area contributed by atoms with Gasteiger partial charge >= 0.3 is 0 Å². The summed E-state index contributed by atoms with van der Waals surface area (Å²) >= 11 is 0. The summed E-state index contributed by atoms with van der Waals surface area (Å²) in [7, 11) is 0. The molecule has 1 saturated heterocycles. The molecule has 0 aromatic rings. The number of hydrogen-bond acceptors (Lipinski definition) is 2. The predicted octanol–water partition coefficient (Wildman–Crippen LogP) is 4.88. The van der Waals surface area contributed by atoms with Crippen molar-refractivity contribution < 1.29 is 9.47 Å². The largest absolute Gasteiger partial charge is 0.345 e. The predicted molar refractivity (Wildman–Crippen MR) is 85.5 cm³/mol. The number of rotatable bonds is 4. The van der Waals surface area contributed by atoms with Crippen molar-refractivity contribution >= 4 is 0 Å². The summed E-state index contributed by atoms with van der Waals surface area (Å²) in [5, 5.41) is 0. The third-order valence-electron chi connectivity index (χ3n) is 3.72. The van der Waals surface area contributed by atoms with Crippen LogP contribution in [0.15, 0.2) is 36.5 Å². The lowest BCUT2D eigenvalue weighted by atomic mass is 9.83. The normalized spacial score (nSPS) is 29.1. The SMILES string of the molecule is C=C/C=C\C=C(/C)C1OC(C(C)C)CC(C(C)(C)C)O1. The molecule has 3 unspecified atom stereocenters. The van der Waals surface area contributed by atoms with Crippen LogP contribution >= 0.6 is 0 Å². The molecule has 20 heavy (non-hydrogen) atoms. The van der Waals surface area contributed by atoms with Crippen molar-refractivity contribution in [2.75, 3.05) is 0 Å². The van der Waals surface area contributed by atoms with E-state index in [2.05, 4.69) is 48.1 Å². The van der Waals surface area contributed by atoms with Crippen LogP contribution in [-0.4, -0.2) is 18.5 Å². The van der Waals surface area contributed by atoms with Crippen LogP contribution in [0.5, 0.6) is 0 Å². The van der Waals surface area contributed by atoms with Gasteiger partial charge in [0.15, 0.2) is 6.29 Å². The highest BCUT2D eigenvalue weighted by Crippen LogP contribution is 2.35. The fourth-order valence-electron chi connectivity index (χ4n) is 2.23. The molecule has 0 aliphatic carbocycles. The number of ether oxygens (including phenoxy) is 2. The quantitative estimate of drug-likeness (QED) is 0.682. The van der Waals surface area contributed by atoms with Crippen molar-refractivity contribution in [3.8, 4) is 0 Å². The standard InChI is InChI=1S/C18H30O2/c1-8-9-10-11-14(4)17-19-15(13(2)3)12-16(20-17)18(5,6)7/h8-11,13,15-17H,1,12H2,2-7H3/b10-9-,14-11+. The maximum atomic E-state index is 6.17. The molecule has 1 fully saturated rings. The Morgan fingerprint density at radius 3 is 2.35 bits per heavy atom. The molecule has 0 amide bonds.